The fourth-order valence-corrected chi connectivity index (χ4v) is 5.38. The van der Waals surface area contributed by atoms with Gasteiger partial charge in [0, 0.05) is 24.7 Å². The van der Waals surface area contributed by atoms with Gasteiger partial charge in [0.05, 0.1) is 22.9 Å². The van der Waals surface area contributed by atoms with Gasteiger partial charge in [0.25, 0.3) is 0 Å². The van der Waals surface area contributed by atoms with Gasteiger partial charge in [-0.1, -0.05) is 41.4 Å². The monoisotopic (exact) mass is 456 g/mol. The van der Waals surface area contributed by atoms with Crippen LogP contribution in [0.5, 0.6) is 5.75 Å². The Morgan fingerprint density at radius 1 is 1.21 bits per heavy atom. The number of nitrogens with zero attached hydrogens (tertiary/aromatic N) is 1. The second-order valence-corrected chi connectivity index (χ2v) is 9.56. The smallest absolute Gasteiger partial charge is 0.243 e. The summed E-state index contributed by atoms with van der Waals surface area (Å²) in [5, 5.41) is 3.67. The van der Waals surface area contributed by atoms with Crippen LogP contribution in [0.25, 0.3) is 0 Å². The maximum Gasteiger partial charge on any atom is 0.243 e. The maximum absolute atomic E-state index is 13.0. The van der Waals surface area contributed by atoms with E-state index in [9.17, 15) is 13.2 Å². The number of benzene rings is 2. The van der Waals surface area contributed by atoms with Gasteiger partial charge in [-0.15, -0.1) is 0 Å². The first kappa shape index (κ1) is 21.9. The molecule has 0 aromatic heterocycles. The van der Waals surface area contributed by atoms with Crippen LogP contribution in [-0.2, 0) is 21.4 Å². The predicted molar refractivity (Wildman–Crippen MR) is 113 cm³/mol. The normalized spacial score (nSPS) is 17.7. The number of nitrogens with one attached hydrogen (secondary N) is 1. The summed E-state index contributed by atoms with van der Waals surface area (Å²) >= 11 is 12.2. The maximum atomic E-state index is 13.0. The third-order valence-electron chi connectivity index (χ3n) is 4.93. The lowest BCUT2D eigenvalue weighted by molar-refractivity contribution is -0.126. The number of methoxy groups -OCH3 is 1. The lowest BCUT2D eigenvalue weighted by Gasteiger charge is -2.31. The molecule has 156 valence electrons. The van der Waals surface area contributed by atoms with Crippen LogP contribution >= 0.6 is 23.2 Å². The van der Waals surface area contributed by atoms with Crippen LogP contribution in [0.1, 0.15) is 18.4 Å². The molecule has 3 rings (SSSR count). The molecule has 9 heteroatoms. The SMILES string of the molecule is COc1ccc(S(=O)(=O)N2CCC[C@@H](C(=O)NCc3ccccc3Cl)C2)cc1Cl. The number of rotatable bonds is 6. The molecule has 2 aromatic carbocycles. The van der Waals surface area contributed by atoms with Crippen LogP contribution in [0, 0.1) is 5.92 Å². The summed E-state index contributed by atoms with van der Waals surface area (Å²) < 4.78 is 32.4. The molecule has 0 unspecified atom stereocenters. The van der Waals surface area contributed by atoms with Crippen molar-refractivity contribution >= 4 is 39.1 Å². The van der Waals surface area contributed by atoms with Gasteiger partial charge in [-0.25, -0.2) is 8.42 Å². The van der Waals surface area contributed by atoms with Crippen molar-refractivity contribution in [1.29, 1.82) is 0 Å². The van der Waals surface area contributed by atoms with Crippen molar-refractivity contribution in [2.24, 2.45) is 5.92 Å². The van der Waals surface area contributed by atoms with E-state index in [0.29, 0.717) is 36.7 Å². The van der Waals surface area contributed by atoms with Gasteiger partial charge in [-0.2, -0.15) is 4.31 Å². The highest BCUT2D eigenvalue weighted by molar-refractivity contribution is 7.89. The van der Waals surface area contributed by atoms with Crippen LogP contribution in [0.2, 0.25) is 10.0 Å². The Morgan fingerprint density at radius 2 is 1.97 bits per heavy atom. The Labute approximate surface area is 180 Å². The molecular formula is C20H22Cl2N2O4S. The average Bonchev–Trinajstić information content (AvgIpc) is 2.73. The van der Waals surface area contributed by atoms with Crippen molar-refractivity contribution in [2.75, 3.05) is 20.2 Å². The van der Waals surface area contributed by atoms with Crippen molar-refractivity contribution in [3.63, 3.8) is 0 Å². The van der Waals surface area contributed by atoms with Gasteiger partial charge in [-0.3, -0.25) is 4.79 Å². The van der Waals surface area contributed by atoms with Gasteiger partial charge >= 0.3 is 0 Å². The van der Waals surface area contributed by atoms with E-state index >= 15 is 0 Å². The highest BCUT2D eigenvalue weighted by Gasteiger charge is 2.33. The molecule has 1 aliphatic rings. The highest BCUT2D eigenvalue weighted by atomic mass is 35.5. The highest BCUT2D eigenvalue weighted by Crippen LogP contribution is 2.30. The molecule has 1 fully saturated rings. The number of sulfonamides is 1. The number of hydrogen-bond donors (Lipinski definition) is 1. The summed E-state index contributed by atoms with van der Waals surface area (Å²) in [6.45, 7) is 0.788. The molecule has 1 aliphatic heterocycles. The largest absolute Gasteiger partial charge is 0.495 e. The number of carbonyl (C=O) groups is 1. The van der Waals surface area contributed by atoms with Gasteiger partial charge in [-0.05, 0) is 42.7 Å². The molecule has 1 heterocycles. The Morgan fingerprint density at radius 3 is 2.66 bits per heavy atom. The Balaban J connectivity index is 1.68. The number of amides is 1. The average molecular weight is 457 g/mol. The number of halogens is 2. The lowest BCUT2D eigenvalue weighted by Crippen LogP contribution is -2.45. The lowest BCUT2D eigenvalue weighted by atomic mass is 9.99. The zero-order valence-corrected chi connectivity index (χ0v) is 18.2. The first-order chi connectivity index (χ1) is 13.8. The summed E-state index contributed by atoms with van der Waals surface area (Å²) in [5.41, 5.74) is 0.815. The van der Waals surface area contributed by atoms with Crippen LogP contribution < -0.4 is 10.1 Å². The zero-order chi connectivity index (χ0) is 21.0. The molecule has 29 heavy (non-hydrogen) atoms. The van der Waals surface area contributed by atoms with Gasteiger partial charge in [0.15, 0.2) is 0 Å². The second kappa shape index (κ2) is 9.34. The fraction of sp³-hybridized carbons (Fsp3) is 0.350. The molecule has 0 bridgehead atoms. The van der Waals surface area contributed by atoms with Crippen molar-refractivity contribution in [3.05, 3.63) is 58.1 Å². The minimum atomic E-state index is -3.76. The fourth-order valence-electron chi connectivity index (χ4n) is 3.30. The van der Waals surface area contributed by atoms with E-state index in [2.05, 4.69) is 5.32 Å². The van der Waals surface area contributed by atoms with Crippen molar-refractivity contribution in [1.82, 2.24) is 9.62 Å². The molecule has 6 nitrogen and oxygen atoms in total. The topological polar surface area (TPSA) is 75.7 Å². The van der Waals surface area contributed by atoms with Crippen LogP contribution in [0.4, 0.5) is 0 Å². The van der Waals surface area contributed by atoms with Crippen molar-refractivity contribution < 1.29 is 17.9 Å². The molecule has 0 spiro atoms. The van der Waals surface area contributed by atoms with E-state index in [1.54, 1.807) is 6.07 Å². The first-order valence-corrected chi connectivity index (χ1v) is 11.4. The van der Waals surface area contributed by atoms with Crippen LogP contribution in [0.3, 0.4) is 0 Å². The van der Waals surface area contributed by atoms with Crippen LogP contribution in [0.15, 0.2) is 47.4 Å². The summed E-state index contributed by atoms with van der Waals surface area (Å²) in [7, 11) is -2.29. The Kier molecular flexibility index (Phi) is 7.05. The molecule has 1 amide bonds. The molecule has 1 N–H and O–H groups in total. The number of piperidine rings is 1. The quantitative estimate of drug-likeness (QED) is 0.718. The van der Waals surface area contributed by atoms with Crippen molar-refractivity contribution in [3.8, 4) is 5.75 Å². The molecule has 0 radical (unpaired) electrons. The van der Waals surface area contributed by atoms with E-state index in [0.717, 1.165) is 5.56 Å². The first-order valence-electron chi connectivity index (χ1n) is 9.17. The summed E-state index contributed by atoms with van der Waals surface area (Å²) in [6.07, 6.45) is 1.23. The summed E-state index contributed by atoms with van der Waals surface area (Å²) in [4.78, 5) is 12.7. The van der Waals surface area contributed by atoms with E-state index in [-0.39, 0.29) is 22.4 Å². The third-order valence-corrected chi connectivity index (χ3v) is 7.45. The Bertz CT molecular complexity index is 998. The molecule has 0 saturated carbocycles. The van der Waals surface area contributed by atoms with E-state index in [1.807, 2.05) is 18.2 Å². The van der Waals surface area contributed by atoms with Crippen LogP contribution in [-0.4, -0.2) is 38.8 Å². The van der Waals surface area contributed by atoms with Crippen molar-refractivity contribution in [2.45, 2.75) is 24.3 Å². The van der Waals surface area contributed by atoms with Gasteiger partial charge in [0.2, 0.25) is 15.9 Å². The summed E-state index contributed by atoms with van der Waals surface area (Å²) in [5.74, 6) is -0.201. The van der Waals surface area contributed by atoms with Gasteiger partial charge < -0.3 is 10.1 Å². The second-order valence-electron chi connectivity index (χ2n) is 6.81. The number of hydrogen-bond acceptors (Lipinski definition) is 4. The van der Waals surface area contributed by atoms with E-state index < -0.39 is 15.9 Å². The van der Waals surface area contributed by atoms with Gasteiger partial charge in [0.1, 0.15) is 5.75 Å². The molecule has 1 atom stereocenters. The standard InChI is InChI=1S/C20H22Cl2N2O4S/c1-28-19-9-8-16(11-18(19)22)29(26,27)24-10-4-6-15(13-24)20(25)23-12-14-5-2-3-7-17(14)21/h2-3,5,7-9,11,15H,4,6,10,12-13H2,1H3,(H,23,25)/t15-/m1/s1. The predicted octanol–water partition coefficient (Wildman–Crippen LogP) is 3.72. The molecule has 2 aromatic rings. The third kappa shape index (κ3) is 5.04. The van der Waals surface area contributed by atoms with E-state index in [1.165, 1.54) is 29.6 Å². The van der Waals surface area contributed by atoms with E-state index in [4.69, 9.17) is 27.9 Å². The zero-order valence-electron chi connectivity index (χ0n) is 15.9. The number of carbonyl (C=O) groups excluding carboxylic acids is 1. The molecular weight excluding hydrogens is 435 g/mol. The Hall–Kier alpha value is -1.80. The minimum Gasteiger partial charge on any atom is -0.495 e. The molecule has 0 aliphatic carbocycles. The summed E-state index contributed by atoms with van der Waals surface area (Å²) in [6, 6.07) is 11.6. The molecule has 1 saturated heterocycles. The minimum absolute atomic E-state index is 0.0837. The number of ether oxygens (including phenoxy) is 1.